The normalized spacial score (nSPS) is 10.2. The Morgan fingerprint density at radius 2 is 1.85 bits per heavy atom. The summed E-state index contributed by atoms with van der Waals surface area (Å²) >= 11 is 0. The molecule has 3 rings (SSSR count). The van der Waals surface area contributed by atoms with Gasteiger partial charge in [-0.15, -0.1) is 0 Å². The van der Waals surface area contributed by atoms with Crippen LogP contribution in [0.1, 0.15) is 11.1 Å². The zero-order chi connectivity index (χ0) is 18.4. The summed E-state index contributed by atoms with van der Waals surface area (Å²) in [4.78, 5) is 16.3. The first kappa shape index (κ1) is 17.5. The molecule has 0 aliphatic carbocycles. The van der Waals surface area contributed by atoms with Gasteiger partial charge in [0.05, 0.1) is 11.9 Å². The highest BCUT2D eigenvalue weighted by Crippen LogP contribution is 2.21. The molecular formula is C21H21N3O2. The molecule has 0 atom stereocenters. The summed E-state index contributed by atoms with van der Waals surface area (Å²) in [5, 5.41) is 6.05. The molecule has 0 bridgehead atoms. The Labute approximate surface area is 153 Å². The van der Waals surface area contributed by atoms with Crippen molar-refractivity contribution in [2.24, 2.45) is 0 Å². The fourth-order valence-electron chi connectivity index (χ4n) is 2.50. The summed E-state index contributed by atoms with van der Waals surface area (Å²) in [6.45, 7) is 4.07. The van der Waals surface area contributed by atoms with Crippen molar-refractivity contribution < 1.29 is 9.53 Å². The van der Waals surface area contributed by atoms with E-state index in [1.165, 1.54) is 5.56 Å². The molecule has 0 radical (unpaired) electrons. The van der Waals surface area contributed by atoms with Crippen LogP contribution in [0.2, 0.25) is 0 Å². The molecule has 5 nitrogen and oxygen atoms in total. The van der Waals surface area contributed by atoms with Crippen LogP contribution in [0.15, 0.2) is 66.9 Å². The number of nitrogens with zero attached hydrogens (tertiary/aromatic N) is 1. The molecule has 0 spiro atoms. The predicted molar refractivity (Wildman–Crippen MR) is 104 cm³/mol. The first-order valence-corrected chi connectivity index (χ1v) is 8.38. The number of anilines is 3. The summed E-state index contributed by atoms with van der Waals surface area (Å²) in [6.07, 6.45) is 1.62. The van der Waals surface area contributed by atoms with Crippen LogP contribution >= 0.6 is 0 Å². The molecule has 0 saturated heterocycles. The molecule has 26 heavy (non-hydrogen) atoms. The van der Waals surface area contributed by atoms with Crippen LogP contribution < -0.4 is 15.4 Å². The number of ether oxygens (including phenoxy) is 1. The Bertz CT molecular complexity index is 878. The predicted octanol–water partition coefficient (Wildman–Crippen LogP) is 4.46. The number of carbonyl (C=O) groups is 1. The number of para-hydroxylation sites is 1. The smallest absolute Gasteiger partial charge is 0.262 e. The second kappa shape index (κ2) is 8.16. The fraction of sp³-hybridized carbons (Fsp3) is 0.143. The minimum atomic E-state index is -0.231. The minimum absolute atomic E-state index is 0.0490. The van der Waals surface area contributed by atoms with Gasteiger partial charge in [0.2, 0.25) is 0 Å². The third-order valence-corrected chi connectivity index (χ3v) is 3.81. The highest BCUT2D eigenvalue weighted by molar-refractivity contribution is 5.91. The molecule has 1 aromatic heterocycles. The van der Waals surface area contributed by atoms with Crippen molar-refractivity contribution in [3.05, 3.63) is 78.0 Å². The average Bonchev–Trinajstić information content (AvgIpc) is 2.65. The van der Waals surface area contributed by atoms with Gasteiger partial charge in [0.15, 0.2) is 6.61 Å². The maximum atomic E-state index is 12.0. The van der Waals surface area contributed by atoms with Gasteiger partial charge in [0, 0.05) is 5.69 Å². The Balaban J connectivity index is 1.54. The monoisotopic (exact) mass is 347 g/mol. The number of hydrogen-bond acceptors (Lipinski definition) is 4. The van der Waals surface area contributed by atoms with Crippen LogP contribution in [0.25, 0.3) is 0 Å². The summed E-state index contributed by atoms with van der Waals surface area (Å²) in [5.41, 5.74) is 4.01. The molecule has 0 aliphatic heterocycles. The average molecular weight is 347 g/mol. The molecule has 2 aromatic carbocycles. The van der Waals surface area contributed by atoms with Crippen molar-refractivity contribution in [3.8, 4) is 5.75 Å². The Morgan fingerprint density at radius 3 is 2.54 bits per heavy atom. The number of hydrogen-bond donors (Lipinski definition) is 2. The molecule has 1 amide bonds. The Morgan fingerprint density at radius 1 is 1.04 bits per heavy atom. The summed E-state index contributed by atoms with van der Waals surface area (Å²) < 4.78 is 5.42. The van der Waals surface area contributed by atoms with E-state index in [0.29, 0.717) is 11.4 Å². The van der Waals surface area contributed by atoms with Gasteiger partial charge in [-0.05, 0) is 49.7 Å². The van der Waals surface area contributed by atoms with E-state index < -0.39 is 0 Å². The van der Waals surface area contributed by atoms with Gasteiger partial charge in [0.25, 0.3) is 5.91 Å². The zero-order valence-corrected chi connectivity index (χ0v) is 14.8. The minimum Gasteiger partial charge on any atom is -0.484 e. The lowest BCUT2D eigenvalue weighted by molar-refractivity contribution is -0.118. The maximum absolute atomic E-state index is 12.0. The number of carbonyl (C=O) groups excluding carboxylic acids is 1. The van der Waals surface area contributed by atoms with Gasteiger partial charge < -0.3 is 15.4 Å². The van der Waals surface area contributed by atoms with E-state index >= 15 is 0 Å². The molecule has 132 valence electrons. The lowest BCUT2D eigenvalue weighted by atomic mass is 10.1. The Hall–Kier alpha value is -3.34. The third-order valence-electron chi connectivity index (χ3n) is 3.81. The van der Waals surface area contributed by atoms with Crippen LogP contribution in [0.5, 0.6) is 5.75 Å². The van der Waals surface area contributed by atoms with Crippen LogP contribution in [-0.4, -0.2) is 17.5 Å². The SMILES string of the molecule is Cc1ccc(Nc2ccc(NC(=O)COc3ccccc3)cn2)c(C)c1. The summed E-state index contributed by atoms with van der Waals surface area (Å²) in [6, 6.07) is 19.1. The third kappa shape index (κ3) is 4.83. The quantitative estimate of drug-likeness (QED) is 0.691. The number of benzene rings is 2. The summed E-state index contributed by atoms with van der Waals surface area (Å²) in [7, 11) is 0. The largest absolute Gasteiger partial charge is 0.484 e. The van der Waals surface area contributed by atoms with E-state index in [-0.39, 0.29) is 12.5 Å². The van der Waals surface area contributed by atoms with Crippen molar-refractivity contribution in [3.63, 3.8) is 0 Å². The van der Waals surface area contributed by atoms with Gasteiger partial charge in [0.1, 0.15) is 11.6 Å². The van der Waals surface area contributed by atoms with Gasteiger partial charge >= 0.3 is 0 Å². The molecule has 0 unspecified atom stereocenters. The highest BCUT2D eigenvalue weighted by Gasteiger charge is 2.05. The number of aromatic nitrogens is 1. The van der Waals surface area contributed by atoms with Gasteiger partial charge in [-0.2, -0.15) is 0 Å². The van der Waals surface area contributed by atoms with Crippen LogP contribution in [0, 0.1) is 13.8 Å². The van der Waals surface area contributed by atoms with Crippen LogP contribution in [-0.2, 0) is 4.79 Å². The molecule has 5 heteroatoms. The van der Waals surface area contributed by atoms with Crippen molar-refractivity contribution in [1.82, 2.24) is 4.98 Å². The van der Waals surface area contributed by atoms with Gasteiger partial charge in [-0.1, -0.05) is 35.9 Å². The van der Waals surface area contributed by atoms with Crippen molar-refractivity contribution in [2.45, 2.75) is 13.8 Å². The van der Waals surface area contributed by atoms with Gasteiger partial charge in [-0.3, -0.25) is 4.79 Å². The number of pyridine rings is 1. The number of aryl methyl sites for hydroxylation is 2. The van der Waals surface area contributed by atoms with Crippen molar-refractivity contribution in [2.75, 3.05) is 17.2 Å². The Kier molecular flexibility index (Phi) is 5.49. The number of amides is 1. The van der Waals surface area contributed by atoms with E-state index in [0.717, 1.165) is 17.1 Å². The molecule has 0 aliphatic rings. The van der Waals surface area contributed by atoms with E-state index in [4.69, 9.17) is 4.74 Å². The number of nitrogens with one attached hydrogen (secondary N) is 2. The molecule has 1 heterocycles. The zero-order valence-electron chi connectivity index (χ0n) is 14.8. The van der Waals surface area contributed by atoms with Crippen LogP contribution in [0.4, 0.5) is 17.2 Å². The standard InChI is InChI=1S/C21H21N3O2/c1-15-8-10-19(16(2)12-15)24-20-11-9-17(13-22-20)23-21(25)14-26-18-6-4-3-5-7-18/h3-13H,14H2,1-2H3,(H,22,24)(H,23,25). The molecule has 0 saturated carbocycles. The molecule has 0 fully saturated rings. The van der Waals surface area contributed by atoms with E-state index in [1.54, 1.807) is 12.3 Å². The lowest BCUT2D eigenvalue weighted by Gasteiger charge is -2.11. The first-order valence-electron chi connectivity index (χ1n) is 8.38. The fourth-order valence-corrected chi connectivity index (χ4v) is 2.50. The topological polar surface area (TPSA) is 63.2 Å². The second-order valence-electron chi connectivity index (χ2n) is 6.03. The van der Waals surface area contributed by atoms with E-state index in [1.807, 2.05) is 42.5 Å². The first-order chi connectivity index (χ1) is 12.6. The molecular weight excluding hydrogens is 326 g/mol. The van der Waals surface area contributed by atoms with Crippen molar-refractivity contribution in [1.29, 1.82) is 0 Å². The van der Waals surface area contributed by atoms with Crippen molar-refractivity contribution >= 4 is 23.1 Å². The van der Waals surface area contributed by atoms with E-state index in [2.05, 4.69) is 41.6 Å². The number of rotatable bonds is 6. The molecule has 2 N–H and O–H groups in total. The van der Waals surface area contributed by atoms with E-state index in [9.17, 15) is 4.79 Å². The maximum Gasteiger partial charge on any atom is 0.262 e. The lowest BCUT2D eigenvalue weighted by Crippen LogP contribution is -2.20. The highest BCUT2D eigenvalue weighted by atomic mass is 16.5. The van der Waals surface area contributed by atoms with Crippen LogP contribution in [0.3, 0.4) is 0 Å². The summed E-state index contributed by atoms with van der Waals surface area (Å²) in [5.74, 6) is 1.15. The van der Waals surface area contributed by atoms with Gasteiger partial charge in [-0.25, -0.2) is 4.98 Å². The second-order valence-corrected chi connectivity index (χ2v) is 6.03. The molecule has 3 aromatic rings.